The van der Waals surface area contributed by atoms with Crippen LogP contribution < -0.4 is 15.6 Å². The Labute approximate surface area is 213 Å². The van der Waals surface area contributed by atoms with Gasteiger partial charge in [0.05, 0.1) is 9.52 Å². The fourth-order valence-corrected chi connectivity index (χ4v) is 13.8. The SMILES string of the molecule is CCCCCCCCCCCCC[C@H]([SiH2]c1ccccc1)[SiH](c1ccccc1)c1ccccc1. The minimum Gasteiger partial charge on any atom is -0.0669 e. The first-order valence-electron chi connectivity index (χ1n) is 14.0. The van der Waals surface area contributed by atoms with Crippen molar-refractivity contribution in [1.29, 1.82) is 0 Å². The van der Waals surface area contributed by atoms with Crippen molar-refractivity contribution >= 4 is 33.9 Å². The standard InChI is InChI=1S/C32H46Si2/c1-2-3-4-5-6-7-8-9-10-11-21-28-32(33-29-22-15-12-16-23-29)34(30-24-17-13-18-25-30)31-26-19-14-20-27-31/h12-20,22-27,32,34H,2-11,21,28,33H2,1H3/t32-/m1/s1. The van der Waals surface area contributed by atoms with E-state index in [9.17, 15) is 0 Å². The highest BCUT2D eigenvalue weighted by molar-refractivity contribution is 6.93. The molecule has 3 rings (SSSR count). The number of hydrogen-bond donors (Lipinski definition) is 0. The zero-order valence-corrected chi connectivity index (χ0v) is 24.1. The Hall–Kier alpha value is -1.91. The molecule has 0 radical (unpaired) electrons. The zero-order chi connectivity index (χ0) is 23.7. The highest BCUT2D eigenvalue weighted by Gasteiger charge is 2.27. The predicted molar refractivity (Wildman–Crippen MR) is 159 cm³/mol. The predicted octanol–water partition coefficient (Wildman–Crippen LogP) is 6.55. The average molecular weight is 487 g/mol. The molecular formula is C32H46Si2. The minimum absolute atomic E-state index is 0.329. The Morgan fingerprint density at radius 1 is 0.529 bits per heavy atom. The lowest BCUT2D eigenvalue weighted by molar-refractivity contribution is 0.546. The van der Waals surface area contributed by atoms with E-state index < -0.39 is 8.80 Å². The van der Waals surface area contributed by atoms with Crippen LogP contribution in [-0.4, -0.2) is 18.3 Å². The molecule has 0 aliphatic heterocycles. The second-order valence-corrected chi connectivity index (χ2v) is 16.5. The summed E-state index contributed by atoms with van der Waals surface area (Å²) < 4.78 is 0. The van der Waals surface area contributed by atoms with Gasteiger partial charge in [-0.3, -0.25) is 0 Å². The first-order chi connectivity index (χ1) is 16.9. The fraction of sp³-hybridized carbons (Fsp3) is 0.438. The number of rotatable bonds is 17. The van der Waals surface area contributed by atoms with Crippen LogP contribution in [0.25, 0.3) is 0 Å². The minimum atomic E-state index is -1.26. The van der Waals surface area contributed by atoms with Crippen molar-refractivity contribution in [2.24, 2.45) is 0 Å². The van der Waals surface area contributed by atoms with Crippen molar-refractivity contribution in [3.05, 3.63) is 91.0 Å². The molecule has 0 N–H and O–H groups in total. The Bertz CT molecular complexity index is 824. The van der Waals surface area contributed by atoms with E-state index in [1.165, 1.54) is 77.0 Å². The smallest absolute Gasteiger partial charge is 0.0669 e. The van der Waals surface area contributed by atoms with Crippen molar-refractivity contribution in [1.82, 2.24) is 0 Å². The number of unbranched alkanes of at least 4 members (excludes halogenated alkanes) is 10. The molecule has 3 aromatic rings. The topological polar surface area (TPSA) is 0 Å². The highest BCUT2D eigenvalue weighted by atomic mass is 28.3. The number of hydrogen-bond acceptors (Lipinski definition) is 0. The summed E-state index contributed by atoms with van der Waals surface area (Å²) >= 11 is 0. The van der Waals surface area contributed by atoms with Crippen LogP contribution in [0.2, 0.25) is 5.16 Å². The Kier molecular flexibility index (Phi) is 13.1. The second kappa shape index (κ2) is 16.7. The van der Waals surface area contributed by atoms with Gasteiger partial charge in [-0.15, -0.1) is 0 Å². The first-order valence-corrected chi connectivity index (χ1v) is 17.4. The van der Waals surface area contributed by atoms with Crippen LogP contribution in [0.1, 0.15) is 84.0 Å². The fourth-order valence-electron chi connectivity index (χ4n) is 5.43. The molecular weight excluding hydrogens is 441 g/mol. The first kappa shape index (κ1) is 26.7. The van der Waals surface area contributed by atoms with Crippen molar-refractivity contribution in [3.63, 3.8) is 0 Å². The van der Waals surface area contributed by atoms with E-state index in [2.05, 4.69) is 97.9 Å². The molecule has 0 amide bonds. The van der Waals surface area contributed by atoms with Crippen LogP contribution in [-0.2, 0) is 0 Å². The third-order valence-corrected chi connectivity index (χ3v) is 14.8. The van der Waals surface area contributed by atoms with Crippen LogP contribution in [0, 0.1) is 0 Å². The van der Waals surface area contributed by atoms with E-state index in [0.29, 0.717) is 0 Å². The molecule has 0 saturated heterocycles. The van der Waals surface area contributed by atoms with Gasteiger partial charge in [0.25, 0.3) is 0 Å². The van der Waals surface area contributed by atoms with E-state index in [-0.39, 0.29) is 9.52 Å². The van der Waals surface area contributed by atoms with Gasteiger partial charge in [-0.2, -0.15) is 0 Å². The molecule has 0 nitrogen and oxygen atoms in total. The van der Waals surface area contributed by atoms with Gasteiger partial charge in [-0.1, -0.05) is 191 Å². The van der Waals surface area contributed by atoms with Gasteiger partial charge in [0, 0.05) is 0 Å². The van der Waals surface area contributed by atoms with Crippen molar-refractivity contribution in [3.8, 4) is 0 Å². The molecule has 0 heterocycles. The molecule has 2 heteroatoms. The van der Waals surface area contributed by atoms with Gasteiger partial charge in [0.2, 0.25) is 0 Å². The van der Waals surface area contributed by atoms with Gasteiger partial charge in [0.1, 0.15) is 8.80 Å². The molecule has 34 heavy (non-hydrogen) atoms. The van der Waals surface area contributed by atoms with Crippen molar-refractivity contribution in [2.45, 2.75) is 89.1 Å². The molecule has 0 aromatic heterocycles. The molecule has 1 atom stereocenters. The van der Waals surface area contributed by atoms with Gasteiger partial charge in [-0.05, 0) is 5.16 Å². The van der Waals surface area contributed by atoms with Gasteiger partial charge < -0.3 is 0 Å². The normalized spacial score (nSPS) is 12.5. The summed E-state index contributed by atoms with van der Waals surface area (Å²) in [6.07, 6.45) is 17.1. The van der Waals surface area contributed by atoms with E-state index in [0.717, 1.165) is 5.16 Å². The van der Waals surface area contributed by atoms with Crippen LogP contribution in [0.5, 0.6) is 0 Å². The van der Waals surface area contributed by atoms with Crippen LogP contribution in [0.4, 0.5) is 0 Å². The van der Waals surface area contributed by atoms with E-state index in [4.69, 9.17) is 0 Å². The molecule has 182 valence electrons. The summed E-state index contributed by atoms with van der Waals surface area (Å²) in [5.74, 6) is 0. The highest BCUT2D eigenvalue weighted by Crippen LogP contribution is 2.20. The summed E-state index contributed by atoms with van der Waals surface area (Å²) in [6.45, 7) is 2.30. The maximum atomic E-state index is 2.41. The molecule has 0 fully saturated rings. The maximum absolute atomic E-state index is 2.41. The Morgan fingerprint density at radius 2 is 0.941 bits per heavy atom. The third kappa shape index (κ3) is 9.76. The lowest BCUT2D eigenvalue weighted by atomic mass is 10.1. The lowest BCUT2D eigenvalue weighted by Gasteiger charge is -2.27. The second-order valence-electron chi connectivity index (χ2n) is 10.1. The maximum Gasteiger partial charge on any atom is 0.103 e. The molecule has 0 unspecified atom stereocenters. The van der Waals surface area contributed by atoms with E-state index in [1.54, 1.807) is 15.6 Å². The molecule has 3 aromatic carbocycles. The lowest BCUT2D eigenvalue weighted by Crippen LogP contribution is -2.49. The van der Waals surface area contributed by atoms with Gasteiger partial charge in [-0.25, -0.2) is 0 Å². The monoisotopic (exact) mass is 486 g/mol. The zero-order valence-electron chi connectivity index (χ0n) is 21.5. The Balaban J connectivity index is 1.57. The van der Waals surface area contributed by atoms with Crippen molar-refractivity contribution < 1.29 is 0 Å². The summed E-state index contributed by atoms with van der Waals surface area (Å²) in [6, 6.07) is 34.4. The summed E-state index contributed by atoms with van der Waals surface area (Å²) in [7, 11) is -1.59. The molecule has 0 bridgehead atoms. The molecule has 0 saturated carbocycles. The van der Waals surface area contributed by atoms with Gasteiger partial charge >= 0.3 is 0 Å². The quantitative estimate of drug-likeness (QED) is 0.150. The number of benzene rings is 3. The summed E-state index contributed by atoms with van der Waals surface area (Å²) in [5.41, 5.74) is 0. The molecule has 0 aliphatic rings. The van der Waals surface area contributed by atoms with Crippen molar-refractivity contribution in [2.75, 3.05) is 0 Å². The molecule has 0 spiro atoms. The van der Waals surface area contributed by atoms with Crippen LogP contribution in [0.3, 0.4) is 0 Å². The van der Waals surface area contributed by atoms with Crippen LogP contribution in [0.15, 0.2) is 91.0 Å². The third-order valence-electron chi connectivity index (χ3n) is 7.31. The van der Waals surface area contributed by atoms with Gasteiger partial charge in [0.15, 0.2) is 0 Å². The summed E-state index contributed by atoms with van der Waals surface area (Å²) in [5, 5.41) is 5.79. The van der Waals surface area contributed by atoms with E-state index >= 15 is 0 Å². The van der Waals surface area contributed by atoms with E-state index in [1.807, 2.05) is 0 Å². The van der Waals surface area contributed by atoms with Crippen LogP contribution >= 0.6 is 0 Å². The molecule has 0 aliphatic carbocycles. The Morgan fingerprint density at radius 3 is 1.41 bits per heavy atom. The summed E-state index contributed by atoms with van der Waals surface area (Å²) in [4.78, 5) is 0. The largest absolute Gasteiger partial charge is 0.103 e. The average Bonchev–Trinajstić information content (AvgIpc) is 2.89.